The molecule has 4 rings (SSSR count). The van der Waals surface area contributed by atoms with Gasteiger partial charge in [-0.15, -0.1) is 0 Å². The molecule has 2 heterocycles. The normalized spacial score (nSPS) is 37.2. The Hall–Kier alpha value is -2.74. The largest absolute Gasteiger partial charge is 0.444 e. The van der Waals surface area contributed by atoms with E-state index in [0.717, 1.165) is 24.8 Å². The van der Waals surface area contributed by atoms with E-state index in [9.17, 15) is 24.9 Å². The number of allylic oxidation sites excluding steroid dienone is 1. The van der Waals surface area contributed by atoms with Crippen LogP contribution in [0.15, 0.2) is 65.8 Å². The van der Waals surface area contributed by atoms with Crippen LogP contribution in [-0.2, 0) is 20.7 Å². The molecule has 0 unspecified atom stereocenters. The zero-order valence-corrected chi connectivity index (χ0v) is 21.0. The molecule has 7 heteroatoms. The first-order valence-electron chi connectivity index (χ1n) is 12.9. The molecule has 4 N–H and O–H groups in total. The third kappa shape index (κ3) is 5.05. The molecular formula is C29H37NO6. The number of aliphatic hydroxyl groups is 3. The Labute approximate surface area is 212 Å². The molecule has 1 aromatic rings. The van der Waals surface area contributed by atoms with Crippen LogP contribution in [0.4, 0.5) is 0 Å². The van der Waals surface area contributed by atoms with E-state index in [1.165, 1.54) is 12.2 Å². The Morgan fingerprint density at radius 2 is 1.86 bits per heavy atom. The van der Waals surface area contributed by atoms with E-state index in [1.54, 1.807) is 13.0 Å². The molecule has 1 spiro atoms. The van der Waals surface area contributed by atoms with Crippen LogP contribution in [-0.4, -0.2) is 57.7 Å². The fourth-order valence-electron chi connectivity index (χ4n) is 6.09. The van der Waals surface area contributed by atoms with Gasteiger partial charge in [0.05, 0.1) is 30.7 Å². The van der Waals surface area contributed by atoms with Crippen molar-refractivity contribution in [1.29, 1.82) is 0 Å². The highest BCUT2D eigenvalue weighted by atomic mass is 16.6. The van der Waals surface area contributed by atoms with E-state index in [-0.39, 0.29) is 6.61 Å². The number of carbonyl (C=O) groups excluding carboxylic acids is 2. The van der Waals surface area contributed by atoms with Crippen LogP contribution < -0.4 is 5.32 Å². The molecule has 1 aliphatic carbocycles. The van der Waals surface area contributed by atoms with Crippen molar-refractivity contribution < 1.29 is 29.6 Å². The number of aliphatic hydroxyl groups excluding tert-OH is 3. The van der Waals surface area contributed by atoms with Crippen molar-refractivity contribution in [3.8, 4) is 0 Å². The molecule has 7 nitrogen and oxygen atoms in total. The van der Waals surface area contributed by atoms with Crippen molar-refractivity contribution in [2.45, 2.75) is 69.8 Å². The maximum atomic E-state index is 13.8. The predicted molar refractivity (Wildman–Crippen MR) is 136 cm³/mol. The molecule has 1 amide bonds. The standard InChI is InChI=1S/C29H37NO6/c1-18-8-6-12-21(32)14-15-25(33)36-29-23(13-7-9-18)27(34)22(17-31)19(2)26(29)24(30-28(29)35)16-20-10-4-3-5-11-20/h3-5,7,10-11,13-15,18,21,23-24,26-27,31-32,34H,6,8-9,12,16-17H2,1-2H3,(H,30,35)/b13-7+,15-14+/t18-,21-,23+,24+,26+,27-,29-/m1/s1. The minimum Gasteiger partial charge on any atom is -0.444 e. The quantitative estimate of drug-likeness (QED) is 0.379. The van der Waals surface area contributed by atoms with Crippen molar-refractivity contribution in [2.24, 2.45) is 17.8 Å². The number of carbonyl (C=O) groups is 2. The van der Waals surface area contributed by atoms with Gasteiger partial charge in [0.2, 0.25) is 5.60 Å². The molecule has 0 bridgehead atoms. The summed E-state index contributed by atoms with van der Waals surface area (Å²) >= 11 is 0. The van der Waals surface area contributed by atoms with Gasteiger partial charge in [0, 0.05) is 12.1 Å². The van der Waals surface area contributed by atoms with Gasteiger partial charge in [-0.2, -0.15) is 0 Å². The molecule has 1 saturated heterocycles. The zero-order chi connectivity index (χ0) is 25.9. The van der Waals surface area contributed by atoms with Crippen molar-refractivity contribution in [2.75, 3.05) is 6.61 Å². The van der Waals surface area contributed by atoms with Gasteiger partial charge in [-0.3, -0.25) is 4.79 Å². The maximum Gasteiger partial charge on any atom is 0.331 e. The highest BCUT2D eigenvalue weighted by Gasteiger charge is 2.66. The molecule has 3 aliphatic rings. The molecular weight excluding hydrogens is 458 g/mol. The minimum atomic E-state index is -1.68. The number of amides is 1. The second-order valence-electron chi connectivity index (χ2n) is 10.4. The lowest BCUT2D eigenvalue weighted by Gasteiger charge is -2.46. The van der Waals surface area contributed by atoms with Crippen LogP contribution in [0.25, 0.3) is 0 Å². The minimum absolute atomic E-state index is 0.341. The summed E-state index contributed by atoms with van der Waals surface area (Å²) in [4.78, 5) is 26.8. The van der Waals surface area contributed by atoms with Gasteiger partial charge >= 0.3 is 5.97 Å². The van der Waals surface area contributed by atoms with E-state index in [0.29, 0.717) is 29.9 Å². The lowest BCUT2D eigenvalue weighted by Crippen LogP contribution is -2.59. The van der Waals surface area contributed by atoms with E-state index in [2.05, 4.69) is 12.2 Å². The highest BCUT2D eigenvalue weighted by Crippen LogP contribution is 2.50. The van der Waals surface area contributed by atoms with Gasteiger partial charge in [-0.25, -0.2) is 4.79 Å². The molecule has 0 saturated carbocycles. The van der Waals surface area contributed by atoms with E-state index < -0.39 is 47.6 Å². The van der Waals surface area contributed by atoms with E-state index in [4.69, 9.17) is 4.74 Å². The van der Waals surface area contributed by atoms with Crippen LogP contribution in [0.1, 0.15) is 45.1 Å². The number of hydrogen-bond donors (Lipinski definition) is 4. The van der Waals surface area contributed by atoms with Gasteiger partial charge < -0.3 is 25.4 Å². The van der Waals surface area contributed by atoms with Crippen LogP contribution in [0.2, 0.25) is 0 Å². The van der Waals surface area contributed by atoms with Crippen molar-refractivity contribution in [3.05, 3.63) is 71.3 Å². The maximum absolute atomic E-state index is 13.8. The Bertz CT molecular complexity index is 1050. The summed E-state index contributed by atoms with van der Waals surface area (Å²) in [6.45, 7) is 3.56. The Morgan fingerprint density at radius 3 is 2.58 bits per heavy atom. The summed E-state index contributed by atoms with van der Waals surface area (Å²) in [5, 5.41) is 34.9. The van der Waals surface area contributed by atoms with Gasteiger partial charge in [0.1, 0.15) is 0 Å². The van der Waals surface area contributed by atoms with Crippen molar-refractivity contribution in [3.63, 3.8) is 0 Å². The average molecular weight is 496 g/mol. The average Bonchev–Trinajstić information content (AvgIpc) is 3.11. The Balaban J connectivity index is 1.82. The molecule has 1 aromatic carbocycles. The first-order chi connectivity index (χ1) is 17.3. The number of ether oxygens (including phenoxy) is 1. The van der Waals surface area contributed by atoms with Gasteiger partial charge in [0.25, 0.3) is 5.91 Å². The molecule has 1 fully saturated rings. The topological polar surface area (TPSA) is 116 Å². The third-order valence-electron chi connectivity index (χ3n) is 7.97. The highest BCUT2D eigenvalue weighted by molar-refractivity contribution is 5.94. The van der Waals surface area contributed by atoms with E-state index in [1.807, 2.05) is 36.4 Å². The van der Waals surface area contributed by atoms with Gasteiger partial charge in [0.15, 0.2) is 0 Å². The summed E-state index contributed by atoms with van der Waals surface area (Å²) < 4.78 is 6.02. The molecule has 2 aliphatic heterocycles. The van der Waals surface area contributed by atoms with Gasteiger partial charge in [-0.05, 0) is 49.3 Å². The summed E-state index contributed by atoms with van der Waals surface area (Å²) in [5.74, 6) is -2.32. The Morgan fingerprint density at radius 1 is 1.11 bits per heavy atom. The number of nitrogens with one attached hydrogen (secondary N) is 1. The lowest BCUT2D eigenvalue weighted by atomic mass is 9.63. The van der Waals surface area contributed by atoms with E-state index >= 15 is 0 Å². The number of rotatable bonds is 3. The van der Waals surface area contributed by atoms with Crippen LogP contribution in [0.5, 0.6) is 0 Å². The third-order valence-corrected chi connectivity index (χ3v) is 7.97. The Kier molecular flexibility index (Phi) is 8.13. The number of hydrogen-bond acceptors (Lipinski definition) is 6. The number of benzene rings is 1. The number of esters is 1. The second-order valence-corrected chi connectivity index (χ2v) is 10.4. The molecule has 0 aromatic heterocycles. The second kappa shape index (κ2) is 11.1. The lowest BCUT2D eigenvalue weighted by molar-refractivity contribution is -0.175. The van der Waals surface area contributed by atoms with Crippen LogP contribution >= 0.6 is 0 Å². The molecule has 194 valence electrons. The first kappa shape index (κ1) is 26.3. The fourth-order valence-corrected chi connectivity index (χ4v) is 6.09. The summed E-state index contributed by atoms with van der Waals surface area (Å²) in [7, 11) is 0. The predicted octanol–water partition coefficient (Wildman–Crippen LogP) is 2.61. The van der Waals surface area contributed by atoms with Crippen molar-refractivity contribution >= 4 is 11.9 Å². The summed E-state index contributed by atoms with van der Waals surface area (Å²) in [5.41, 5.74) is 0.439. The summed E-state index contributed by atoms with van der Waals surface area (Å²) in [6.07, 6.45) is 7.82. The van der Waals surface area contributed by atoms with Crippen LogP contribution in [0, 0.1) is 17.8 Å². The first-order valence-corrected chi connectivity index (χ1v) is 12.9. The van der Waals surface area contributed by atoms with Gasteiger partial charge in [-0.1, -0.05) is 67.8 Å². The van der Waals surface area contributed by atoms with Crippen molar-refractivity contribution in [1.82, 2.24) is 5.32 Å². The SMILES string of the molecule is CC1=C(CO)[C@@H](O)[C@@H]2/C=C/C[C@H](C)CCC[C@@H](O)/C=C/C(=O)O[C@]23C(=O)N[C@@H](Cc2ccccc2)[C@H]13. The zero-order valence-electron chi connectivity index (χ0n) is 21.0. The monoisotopic (exact) mass is 495 g/mol. The van der Waals surface area contributed by atoms with Crippen LogP contribution in [0.3, 0.4) is 0 Å². The fraction of sp³-hybridized carbons (Fsp3) is 0.517. The molecule has 7 atom stereocenters. The molecule has 0 radical (unpaired) electrons. The molecule has 36 heavy (non-hydrogen) atoms. The smallest absolute Gasteiger partial charge is 0.331 e. The summed E-state index contributed by atoms with van der Waals surface area (Å²) in [6, 6.07) is 9.33.